The van der Waals surface area contributed by atoms with Gasteiger partial charge in [-0.1, -0.05) is 12.1 Å². The molecule has 0 aliphatic carbocycles. The normalized spacial score (nSPS) is 12.9. The van der Waals surface area contributed by atoms with Crippen LogP contribution in [0, 0.1) is 0 Å². The Balaban J connectivity index is 2.04. The lowest BCUT2D eigenvalue weighted by Crippen LogP contribution is -2.14. The van der Waals surface area contributed by atoms with Crippen molar-refractivity contribution in [3.05, 3.63) is 42.2 Å². The Morgan fingerprint density at radius 3 is 2.43 bits per heavy atom. The van der Waals surface area contributed by atoms with Crippen LogP contribution in [0.4, 0.5) is 11.4 Å². The first kappa shape index (κ1) is 15.4. The van der Waals surface area contributed by atoms with E-state index in [4.69, 9.17) is 0 Å². The standard InChI is InChI=1S/C14H20N4O2S/c1-4-21(19,20)17-13-7-5-12(6-8-13)11(2)16-14-9-15-18(3)10-14/h5-11,16-17H,4H2,1-3H3/t11-/m1/s1. The summed E-state index contributed by atoms with van der Waals surface area (Å²) in [4.78, 5) is 0. The molecule has 0 saturated carbocycles. The number of nitrogens with zero attached hydrogens (tertiary/aromatic N) is 2. The Labute approximate surface area is 125 Å². The van der Waals surface area contributed by atoms with Crippen LogP contribution in [-0.2, 0) is 17.1 Å². The summed E-state index contributed by atoms with van der Waals surface area (Å²) in [6.45, 7) is 3.65. The molecule has 0 unspecified atom stereocenters. The van der Waals surface area contributed by atoms with Crippen molar-refractivity contribution in [1.82, 2.24) is 9.78 Å². The molecular weight excluding hydrogens is 288 g/mol. The second-order valence-electron chi connectivity index (χ2n) is 4.90. The topological polar surface area (TPSA) is 76.0 Å². The van der Waals surface area contributed by atoms with Gasteiger partial charge in [0.1, 0.15) is 0 Å². The third-order valence-electron chi connectivity index (χ3n) is 3.15. The van der Waals surface area contributed by atoms with Gasteiger partial charge in [0.05, 0.1) is 17.6 Å². The maximum atomic E-state index is 11.5. The van der Waals surface area contributed by atoms with Gasteiger partial charge in [-0.2, -0.15) is 5.10 Å². The van der Waals surface area contributed by atoms with E-state index >= 15 is 0 Å². The van der Waals surface area contributed by atoms with Gasteiger partial charge in [0.25, 0.3) is 0 Å². The van der Waals surface area contributed by atoms with Crippen molar-refractivity contribution in [3.8, 4) is 0 Å². The summed E-state index contributed by atoms with van der Waals surface area (Å²) < 4.78 is 27.3. The van der Waals surface area contributed by atoms with E-state index in [1.165, 1.54) is 0 Å². The molecule has 0 amide bonds. The fourth-order valence-corrected chi connectivity index (χ4v) is 2.56. The lowest BCUT2D eigenvalue weighted by atomic mass is 10.1. The van der Waals surface area contributed by atoms with Crippen LogP contribution in [0.3, 0.4) is 0 Å². The molecule has 0 saturated heterocycles. The van der Waals surface area contributed by atoms with Gasteiger partial charge in [-0.15, -0.1) is 0 Å². The molecule has 0 aliphatic rings. The minimum absolute atomic E-state index is 0.0632. The summed E-state index contributed by atoms with van der Waals surface area (Å²) in [5.41, 5.74) is 2.59. The van der Waals surface area contributed by atoms with Gasteiger partial charge in [0.15, 0.2) is 0 Å². The zero-order valence-corrected chi connectivity index (χ0v) is 13.2. The highest BCUT2D eigenvalue weighted by Gasteiger charge is 2.09. The first-order chi connectivity index (χ1) is 9.89. The summed E-state index contributed by atoms with van der Waals surface area (Å²) in [7, 11) is -1.36. The molecule has 0 spiro atoms. The lowest BCUT2D eigenvalue weighted by Gasteiger charge is -2.15. The predicted octanol–water partition coefficient (Wildman–Crippen LogP) is 2.35. The van der Waals surface area contributed by atoms with E-state index in [0.29, 0.717) is 5.69 Å². The SMILES string of the molecule is CCS(=O)(=O)Nc1ccc([C@@H](C)Nc2cnn(C)c2)cc1. The molecule has 21 heavy (non-hydrogen) atoms. The van der Waals surface area contributed by atoms with Gasteiger partial charge < -0.3 is 5.32 Å². The Hall–Kier alpha value is -2.02. The first-order valence-corrected chi connectivity index (χ1v) is 8.40. The number of sulfonamides is 1. The highest BCUT2D eigenvalue weighted by atomic mass is 32.2. The van der Waals surface area contributed by atoms with Crippen molar-refractivity contribution in [1.29, 1.82) is 0 Å². The molecule has 0 fully saturated rings. The molecule has 2 rings (SSSR count). The number of aromatic nitrogens is 2. The van der Waals surface area contributed by atoms with Crippen LogP contribution < -0.4 is 10.0 Å². The van der Waals surface area contributed by atoms with Crippen LogP contribution in [0.25, 0.3) is 0 Å². The van der Waals surface area contributed by atoms with Crippen LogP contribution in [0.15, 0.2) is 36.7 Å². The van der Waals surface area contributed by atoms with Crippen LogP contribution in [0.1, 0.15) is 25.5 Å². The Morgan fingerprint density at radius 1 is 1.24 bits per heavy atom. The highest BCUT2D eigenvalue weighted by molar-refractivity contribution is 7.92. The van der Waals surface area contributed by atoms with Crippen molar-refractivity contribution in [2.24, 2.45) is 7.05 Å². The number of rotatable bonds is 6. The van der Waals surface area contributed by atoms with E-state index in [9.17, 15) is 8.42 Å². The largest absolute Gasteiger partial charge is 0.376 e. The van der Waals surface area contributed by atoms with Crippen LogP contribution >= 0.6 is 0 Å². The smallest absolute Gasteiger partial charge is 0.232 e. The molecule has 6 nitrogen and oxygen atoms in total. The molecule has 1 aromatic heterocycles. The van der Waals surface area contributed by atoms with Gasteiger partial charge >= 0.3 is 0 Å². The average Bonchev–Trinajstić information content (AvgIpc) is 2.84. The number of benzene rings is 1. The second kappa shape index (κ2) is 6.17. The van der Waals surface area contributed by atoms with Crippen molar-refractivity contribution in [2.45, 2.75) is 19.9 Å². The third kappa shape index (κ3) is 4.22. The average molecular weight is 308 g/mol. The molecule has 2 aromatic rings. The fourth-order valence-electron chi connectivity index (χ4n) is 1.92. The highest BCUT2D eigenvalue weighted by Crippen LogP contribution is 2.20. The predicted molar refractivity (Wildman–Crippen MR) is 84.8 cm³/mol. The summed E-state index contributed by atoms with van der Waals surface area (Å²) in [5.74, 6) is 0.0632. The molecule has 0 bridgehead atoms. The molecule has 2 N–H and O–H groups in total. The summed E-state index contributed by atoms with van der Waals surface area (Å²) in [6.07, 6.45) is 3.67. The van der Waals surface area contributed by atoms with E-state index in [2.05, 4.69) is 15.1 Å². The zero-order valence-electron chi connectivity index (χ0n) is 12.4. The van der Waals surface area contributed by atoms with Gasteiger partial charge in [-0.3, -0.25) is 9.40 Å². The monoisotopic (exact) mass is 308 g/mol. The van der Waals surface area contributed by atoms with Crippen LogP contribution in [0.5, 0.6) is 0 Å². The minimum atomic E-state index is -3.23. The molecule has 1 atom stereocenters. The number of nitrogens with one attached hydrogen (secondary N) is 2. The molecule has 0 aliphatic heterocycles. The van der Waals surface area contributed by atoms with Crippen molar-refractivity contribution < 1.29 is 8.42 Å². The first-order valence-electron chi connectivity index (χ1n) is 6.75. The molecular formula is C14H20N4O2S. The number of hydrogen-bond acceptors (Lipinski definition) is 4. The van der Waals surface area contributed by atoms with Crippen molar-refractivity contribution in [2.75, 3.05) is 15.8 Å². The van der Waals surface area contributed by atoms with Gasteiger partial charge in [0.2, 0.25) is 10.0 Å². The second-order valence-corrected chi connectivity index (χ2v) is 6.91. The zero-order chi connectivity index (χ0) is 15.5. The Morgan fingerprint density at radius 2 is 1.90 bits per heavy atom. The van der Waals surface area contributed by atoms with E-state index in [-0.39, 0.29) is 11.8 Å². The summed E-state index contributed by atoms with van der Waals surface area (Å²) in [5, 5.41) is 7.44. The summed E-state index contributed by atoms with van der Waals surface area (Å²) in [6, 6.07) is 7.45. The van der Waals surface area contributed by atoms with E-state index in [1.807, 2.05) is 32.3 Å². The summed E-state index contributed by atoms with van der Waals surface area (Å²) >= 11 is 0. The lowest BCUT2D eigenvalue weighted by molar-refractivity contribution is 0.602. The number of anilines is 2. The van der Waals surface area contributed by atoms with Crippen LogP contribution in [-0.4, -0.2) is 24.0 Å². The van der Waals surface area contributed by atoms with Gasteiger partial charge in [0, 0.05) is 25.0 Å². The molecule has 1 heterocycles. The van der Waals surface area contributed by atoms with Gasteiger partial charge in [-0.25, -0.2) is 8.42 Å². The number of aryl methyl sites for hydroxylation is 1. The molecule has 1 aromatic carbocycles. The van der Waals surface area contributed by atoms with E-state index < -0.39 is 10.0 Å². The van der Waals surface area contributed by atoms with Crippen LogP contribution in [0.2, 0.25) is 0 Å². The maximum Gasteiger partial charge on any atom is 0.232 e. The quantitative estimate of drug-likeness (QED) is 0.859. The third-order valence-corrected chi connectivity index (χ3v) is 4.46. The Bertz CT molecular complexity index is 692. The minimum Gasteiger partial charge on any atom is -0.376 e. The molecule has 114 valence electrons. The Kier molecular flexibility index (Phi) is 4.52. The molecule has 7 heteroatoms. The van der Waals surface area contributed by atoms with Crippen molar-refractivity contribution >= 4 is 21.4 Å². The van der Waals surface area contributed by atoms with E-state index in [1.54, 1.807) is 29.9 Å². The van der Waals surface area contributed by atoms with Crippen molar-refractivity contribution in [3.63, 3.8) is 0 Å². The molecule has 0 radical (unpaired) electrons. The number of hydrogen-bond donors (Lipinski definition) is 2. The maximum absolute atomic E-state index is 11.5. The van der Waals surface area contributed by atoms with Gasteiger partial charge in [-0.05, 0) is 31.5 Å². The van der Waals surface area contributed by atoms with E-state index in [0.717, 1.165) is 11.3 Å². The fraction of sp³-hybridized carbons (Fsp3) is 0.357.